The number of ether oxygens (including phenoxy) is 1. The van der Waals surface area contributed by atoms with E-state index in [1.165, 1.54) is 0 Å². The Morgan fingerprint density at radius 2 is 1.90 bits per heavy atom. The van der Waals surface area contributed by atoms with E-state index >= 15 is 0 Å². The van der Waals surface area contributed by atoms with Gasteiger partial charge in [0, 0.05) is 20.0 Å². The van der Waals surface area contributed by atoms with Crippen LogP contribution in [0.2, 0.25) is 0 Å². The van der Waals surface area contributed by atoms with Crippen molar-refractivity contribution in [1.29, 1.82) is 0 Å². The van der Waals surface area contributed by atoms with Crippen molar-refractivity contribution in [3.63, 3.8) is 0 Å². The number of amides is 1. The third-order valence-electron chi connectivity index (χ3n) is 3.51. The zero-order valence-electron chi connectivity index (χ0n) is 13.7. The number of benzene rings is 1. The van der Waals surface area contributed by atoms with E-state index in [4.69, 9.17) is 10.5 Å². The lowest BCUT2D eigenvalue weighted by atomic mass is 9.93. The molecule has 0 aliphatic carbocycles. The second-order valence-electron chi connectivity index (χ2n) is 6.20. The summed E-state index contributed by atoms with van der Waals surface area (Å²) in [6.45, 7) is 8.03. The molecule has 1 aromatic carbocycles. The maximum Gasteiger partial charge on any atom is 0.222 e. The van der Waals surface area contributed by atoms with E-state index < -0.39 is 0 Å². The first-order valence-electron chi connectivity index (χ1n) is 7.53. The Morgan fingerprint density at radius 1 is 1.29 bits per heavy atom. The summed E-state index contributed by atoms with van der Waals surface area (Å²) in [4.78, 5) is 13.9. The summed E-state index contributed by atoms with van der Waals surface area (Å²) >= 11 is 0. The molecular formula is C17H28N2O2. The SMILES string of the molecule is CCOc1ccc(CCC(=O)N(C)CC(C)(C)CN)cc1. The summed E-state index contributed by atoms with van der Waals surface area (Å²) in [6, 6.07) is 7.93. The number of aryl methyl sites for hydroxylation is 1. The van der Waals surface area contributed by atoms with Gasteiger partial charge in [-0.1, -0.05) is 26.0 Å². The zero-order valence-corrected chi connectivity index (χ0v) is 13.7. The van der Waals surface area contributed by atoms with Crippen molar-refractivity contribution in [2.24, 2.45) is 11.1 Å². The average molecular weight is 292 g/mol. The van der Waals surface area contributed by atoms with Gasteiger partial charge in [-0.2, -0.15) is 0 Å². The van der Waals surface area contributed by atoms with Crippen molar-refractivity contribution in [1.82, 2.24) is 4.90 Å². The lowest BCUT2D eigenvalue weighted by Crippen LogP contribution is -2.39. The van der Waals surface area contributed by atoms with Gasteiger partial charge in [0.15, 0.2) is 0 Å². The molecule has 4 nitrogen and oxygen atoms in total. The summed E-state index contributed by atoms with van der Waals surface area (Å²) in [5.74, 6) is 1.03. The summed E-state index contributed by atoms with van der Waals surface area (Å²) in [5, 5.41) is 0. The fourth-order valence-corrected chi connectivity index (χ4v) is 2.16. The molecule has 1 amide bonds. The fourth-order valence-electron chi connectivity index (χ4n) is 2.16. The van der Waals surface area contributed by atoms with Gasteiger partial charge in [0.25, 0.3) is 0 Å². The maximum absolute atomic E-state index is 12.1. The lowest BCUT2D eigenvalue weighted by Gasteiger charge is -2.29. The molecule has 21 heavy (non-hydrogen) atoms. The van der Waals surface area contributed by atoms with E-state index in [1.807, 2.05) is 38.2 Å². The van der Waals surface area contributed by atoms with Gasteiger partial charge in [-0.3, -0.25) is 4.79 Å². The number of nitrogens with zero attached hydrogens (tertiary/aromatic N) is 1. The van der Waals surface area contributed by atoms with Crippen molar-refractivity contribution >= 4 is 5.91 Å². The van der Waals surface area contributed by atoms with Crippen molar-refractivity contribution in [3.05, 3.63) is 29.8 Å². The Morgan fingerprint density at radius 3 is 2.43 bits per heavy atom. The van der Waals surface area contributed by atoms with Gasteiger partial charge in [0.1, 0.15) is 5.75 Å². The van der Waals surface area contributed by atoms with Crippen LogP contribution in [0.25, 0.3) is 0 Å². The van der Waals surface area contributed by atoms with E-state index in [1.54, 1.807) is 4.90 Å². The van der Waals surface area contributed by atoms with E-state index in [0.717, 1.165) is 17.7 Å². The predicted molar refractivity (Wildman–Crippen MR) is 86.4 cm³/mol. The van der Waals surface area contributed by atoms with Crippen LogP contribution in [0, 0.1) is 5.41 Å². The van der Waals surface area contributed by atoms with Crippen molar-refractivity contribution < 1.29 is 9.53 Å². The van der Waals surface area contributed by atoms with Gasteiger partial charge >= 0.3 is 0 Å². The Bertz CT molecular complexity index is 441. The highest BCUT2D eigenvalue weighted by molar-refractivity contribution is 5.76. The molecule has 1 aromatic rings. The first kappa shape index (κ1) is 17.5. The molecule has 0 spiro atoms. The van der Waals surface area contributed by atoms with Crippen molar-refractivity contribution in [3.8, 4) is 5.75 Å². The second-order valence-corrected chi connectivity index (χ2v) is 6.20. The molecule has 0 bridgehead atoms. The molecule has 0 saturated heterocycles. The Labute approximate surface area is 128 Å². The van der Waals surface area contributed by atoms with Gasteiger partial charge in [-0.15, -0.1) is 0 Å². The molecular weight excluding hydrogens is 264 g/mol. The van der Waals surface area contributed by atoms with Crippen LogP contribution in [-0.4, -0.2) is 37.6 Å². The number of hydrogen-bond acceptors (Lipinski definition) is 3. The summed E-state index contributed by atoms with van der Waals surface area (Å²) in [5.41, 5.74) is 6.82. The standard InChI is InChI=1S/C17H28N2O2/c1-5-21-15-9-6-14(7-10-15)8-11-16(20)19(4)13-17(2,3)12-18/h6-7,9-10H,5,8,11-13,18H2,1-4H3. The van der Waals surface area contributed by atoms with Gasteiger partial charge in [0.2, 0.25) is 5.91 Å². The quantitative estimate of drug-likeness (QED) is 0.801. The molecule has 0 aliphatic rings. The van der Waals surface area contributed by atoms with E-state index in [9.17, 15) is 4.79 Å². The Kier molecular flexibility index (Phi) is 6.69. The first-order chi connectivity index (χ1) is 9.88. The Hall–Kier alpha value is -1.55. The number of rotatable bonds is 8. The molecule has 0 saturated carbocycles. The fraction of sp³-hybridized carbons (Fsp3) is 0.588. The highest BCUT2D eigenvalue weighted by Crippen LogP contribution is 2.16. The number of nitrogens with two attached hydrogens (primary N) is 1. The average Bonchev–Trinajstić information content (AvgIpc) is 2.46. The summed E-state index contributed by atoms with van der Waals surface area (Å²) < 4.78 is 5.40. The minimum Gasteiger partial charge on any atom is -0.494 e. The van der Waals surface area contributed by atoms with Gasteiger partial charge in [-0.25, -0.2) is 0 Å². The van der Waals surface area contributed by atoms with E-state index in [0.29, 0.717) is 26.1 Å². The molecule has 0 unspecified atom stereocenters. The largest absolute Gasteiger partial charge is 0.494 e. The van der Waals surface area contributed by atoms with Crippen LogP contribution in [-0.2, 0) is 11.2 Å². The van der Waals surface area contributed by atoms with Crippen LogP contribution < -0.4 is 10.5 Å². The van der Waals surface area contributed by atoms with Gasteiger partial charge < -0.3 is 15.4 Å². The van der Waals surface area contributed by atoms with E-state index in [-0.39, 0.29) is 11.3 Å². The molecule has 2 N–H and O–H groups in total. The Balaban J connectivity index is 2.45. The van der Waals surface area contributed by atoms with Crippen LogP contribution in [0.1, 0.15) is 32.8 Å². The number of carbonyl (C=O) groups is 1. The van der Waals surface area contributed by atoms with Crippen LogP contribution in [0.15, 0.2) is 24.3 Å². The molecule has 118 valence electrons. The van der Waals surface area contributed by atoms with Crippen LogP contribution in [0.5, 0.6) is 5.75 Å². The summed E-state index contributed by atoms with van der Waals surface area (Å²) in [6.07, 6.45) is 1.27. The molecule has 0 aromatic heterocycles. The smallest absolute Gasteiger partial charge is 0.222 e. The second kappa shape index (κ2) is 8.03. The highest BCUT2D eigenvalue weighted by Gasteiger charge is 2.20. The van der Waals surface area contributed by atoms with Crippen molar-refractivity contribution in [2.45, 2.75) is 33.6 Å². The third kappa shape index (κ3) is 6.17. The molecule has 0 radical (unpaired) electrons. The molecule has 4 heteroatoms. The van der Waals surface area contributed by atoms with Crippen LogP contribution in [0.4, 0.5) is 0 Å². The molecule has 0 fully saturated rings. The molecule has 0 heterocycles. The maximum atomic E-state index is 12.1. The zero-order chi connectivity index (χ0) is 15.9. The summed E-state index contributed by atoms with van der Waals surface area (Å²) in [7, 11) is 1.85. The lowest BCUT2D eigenvalue weighted by molar-refractivity contribution is -0.131. The molecule has 1 rings (SSSR count). The van der Waals surface area contributed by atoms with Crippen LogP contribution in [0.3, 0.4) is 0 Å². The van der Waals surface area contributed by atoms with E-state index in [2.05, 4.69) is 13.8 Å². The predicted octanol–water partition coefficient (Wildman–Crippen LogP) is 2.46. The number of carbonyl (C=O) groups excluding carboxylic acids is 1. The monoisotopic (exact) mass is 292 g/mol. The molecule has 0 atom stereocenters. The highest BCUT2D eigenvalue weighted by atomic mass is 16.5. The number of hydrogen-bond donors (Lipinski definition) is 1. The molecule has 0 aliphatic heterocycles. The first-order valence-corrected chi connectivity index (χ1v) is 7.53. The normalized spacial score (nSPS) is 11.3. The minimum absolute atomic E-state index is 0.0381. The van der Waals surface area contributed by atoms with Crippen molar-refractivity contribution in [2.75, 3.05) is 26.7 Å². The minimum atomic E-state index is -0.0381. The van der Waals surface area contributed by atoms with Gasteiger partial charge in [0.05, 0.1) is 6.61 Å². The van der Waals surface area contributed by atoms with Gasteiger partial charge in [-0.05, 0) is 43.0 Å². The van der Waals surface area contributed by atoms with Crippen LogP contribution >= 0.6 is 0 Å². The third-order valence-corrected chi connectivity index (χ3v) is 3.51. The topological polar surface area (TPSA) is 55.6 Å².